The van der Waals surface area contributed by atoms with Crippen LogP contribution in [0.25, 0.3) is 0 Å². The van der Waals surface area contributed by atoms with E-state index in [0.29, 0.717) is 0 Å². The first-order valence-electron chi connectivity index (χ1n) is 5.49. The summed E-state index contributed by atoms with van der Waals surface area (Å²) in [5.41, 5.74) is 2.55. The molecule has 102 valence electrons. The molecule has 18 heavy (non-hydrogen) atoms. The van der Waals surface area contributed by atoms with Gasteiger partial charge in [0.25, 0.3) is 0 Å². The minimum Gasteiger partial charge on any atom is -0.404 e. The molecule has 2 N–H and O–H groups in total. The first-order chi connectivity index (χ1) is 8.07. The van der Waals surface area contributed by atoms with Crippen molar-refractivity contribution in [3.8, 4) is 5.75 Å². The van der Waals surface area contributed by atoms with Gasteiger partial charge in [0.1, 0.15) is 5.75 Å². The van der Waals surface area contributed by atoms with Gasteiger partial charge in [-0.05, 0) is 31.0 Å². The van der Waals surface area contributed by atoms with Crippen molar-refractivity contribution >= 4 is 30.4 Å². The molecule has 0 heterocycles. The Bertz CT molecular complexity index is 493. The highest BCUT2D eigenvalue weighted by Gasteiger charge is 2.28. The maximum Gasteiger partial charge on any atom is 0.524 e. The fraction of sp³-hybridized carbons (Fsp3) is 0.500. The van der Waals surface area contributed by atoms with E-state index in [0.717, 1.165) is 21.1 Å². The van der Waals surface area contributed by atoms with Gasteiger partial charge in [0, 0.05) is 15.4 Å². The Balaban J connectivity index is 3.44. The fourth-order valence-corrected chi connectivity index (χ4v) is 2.84. The van der Waals surface area contributed by atoms with Gasteiger partial charge in [0.15, 0.2) is 0 Å². The summed E-state index contributed by atoms with van der Waals surface area (Å²) >= 11 is 2.26. The van der Waals surface area contributed by atoms with Crippen LogP contribution >= 0.6 is 30.4 Å². The molecule has 0 aliphatic heterocycles. The second-order valence-electron chi connectivity index (χ2n) is 5.05. The minimum atomic E-state index is -4.54. The molecular weight excluding hydrogens is 366 g/mol. The number of rotatable bonds is 4. The molecule has 1 aromatic rings. The summed E-state index contributed by atoms with van der Waals surface area (Å²) in [5.74, 6) is 0.280. The van der Waals surface area contributed by atoms with Gasteiger partial charge < -0.3 is 4.52 Å². The van der Waals surface area contributed by atoms with Gasteiger partial charge in [-0.2, -0.15) is 0 Å². The molecule has 0 atom stereocenters. The molecule has 0 radical (unpaired) electrons. The van der Waals surface area contributed by atoms with E-state index in [1.165, 1.54) is 0 Å². The van der Waals surface area contributed by atoms with Crippen molar-refractivity contribution in [2.24, 2.45) is 0 Å². The average molecular weight is 384 g/mol. The first-order valence-corrected chi connectivity index (χ1v) is 8.55. The summed E-state index contributed by atoms with van der Waals surface area (Å²) in [4.78, 5) is 18.0. The van der Waals surface area contributed by atoms with Gasteiger partial charge in [0.05, 0.1) is 0 Å². The van der Waals surface area contributed by atoms with Crippen LogP contribution in [-0.2, 0) is 9.98 Å². The second-order valence-corrected chi connectivity index (χ2v) is 6.98. The minimum absolute atomic E-state index is 0.206. The maximum atomic E-state index is 11.1. The van der Waals surface area contributed by atoms with E-state index in [4.69, 9.17) is 14.3 Å². The molecule has 0 spiro atoms. The standard InChI is InChI=1S/C12H18IO4P/c1-8-5-9(2)11(12(3,4)7-13)10(6-8)17-18(14,15)16/h5-6H,7H2,1-4H3,(H2,14,15,16). The molecule has 0 aliphatic carbocycles. The third kappa shape index (κ3) is 3.95. The van der Waals surface area contributed by atoms with Crippen LogP contribution in [0.15, 0.2) is 12.1 Å². The lowest BCUT2D eigenvalue weighted by molar-refractivity contribution is 0.281. The van der Waals surface area contributed by atoms with E-state index in [1.807, 2.05) is 33.8 Å². The predicted molar refractivity (Wildman–Crippen MR) is 80.5 cm³/mol. The lowest BCUT2D eigenvalue weighted by Crippen LogP contribution is -2.21. The van der Waals surface area contributed by atoms with E-state index in [9.17, 15) is 4.57 Å². The monoisotopic (exact) mass is 384 g/mol. The van der Waals surface area contributed by atoms with Crippen molar-refractivity contribution in [1.29, 1.82) is 0 Å². The van der Waals surface area contributed by atoms with Crippen LogP contribution in [0.4, 0.5) is 0 Å². The van der Waals surface area contributed by atoms with Gasteiger partial charge >= 0.3 is 7.82 Å². The summed E-state index contributed by atoms with van der Waals surface area (Å²) in [5, 5.41) is 0. The van der Waals surface area contributed by atoms with Crippen molar-refractivity contribution in [3.63, 3.8) is 0 Å². The van der Waals surface area contributed by atoms with E-state index < -0.39 is 7.82 Å². The van der Waals surface area contributed by atoms with E-state index in [-0.39, 0.29) is 11.2 Å². The SMILES string of the molecule is Cc1cc(C)c(C(C)(C)CI)c(OP(=O)(O)O)c1. The number of alkyl halides is 1. The van der Waals surface area contributed by atoms with Crippen LogP contribution in [0.1, 0.15) is 30.5 Å². The molecule has 0 aromatic heterocycles. The van der Waals surface area contributed by atoms with Crippen LogP contribution in [0.3, 0.4) is 0 Å². The zero-order valence-corrected chi connectivity index (χ0v) is 13.9. The summed E-state index contributed by atoms with van der Waals surface area (Å²) in [6, 6.07) is 3.67. The molecule has 0 saturated heterocycles. The van der Waals surface area contributed by atoms with Crippen LogP contribution in [0.5, 0.6) is 5.75 Å². The molecular formula is C12H18IO4P. The van der Waals surface area contributed by atoms with Gasteiger partial charge in [-0.3, -0.25) is 9.79 Å². The zero-order valence-electron chi connectivity index (χ0n) is 10.9. The van der Waals surface area contributed by atoms with Crippen molar-refractivity contribution in [2.45, 2.75) is 33.1 Å². The summed E-state index contributed by atoms with van der Waals surface area (Å²) in [6.45, 7) is 7.87. The molecule has 0 fully saturated rings. The molecule has 0 saturated carbocycles. The van der Waals surface area contributed by atoms with Crippen molar-refractivity contribution in [1.82, 2.24) is 0 Å². The highest BCUT2D eigenvalue weighted by Crippen LogP contribution is 2.44. The summed E-state index contributed by atoms with van der Waals surface area (Å²) in [6.07, 6.45) is 0. The van der Waals surface area contributed by atoms with E-state index in [1.54, 1.807) is 6.07 Å². The number of hydrogen-bond donors (Lipinski definition) is 2. The molecule has 1 aromatic carbocycles. The zero-order chi connectivity index (χ0) is 14.1. The van der Waals surface area contributed by atoms with Crippen LogP contribution in [0, 0.1) is 13.8 Å². The Morgan fingerprint density at radius 3 is 2.33 bits per heavy atom. The summed E-state index contributed by atoms with van der Waals surface area (Å²) < 4.78 is 16.7. The second kappa shape index (κ2) is 5.49. The van der Waals surface area contributed by atoms with Gasteiger partial charge in [-0.15, -0.1) is 0 Å². The quantitative estimate of drug-likeness (QED) is 0.474. The van der Waals surface area contributed by atoms with Gasteiger partial charge in [-0.25, -0.2) is 4.57 Å². The van der Waals surface area contributed by atoms with Crippen molar-refractivity contribution in [2.75, 3.05) is 4.43 Å². The Labute approximate surface area is 121 Å². The van der Waals surface area contributed by atoms with Gasteiger partial charge in [0.2, 0.25) is 0 Å². The molecule has 0 unspecified atom stereocenters. The normalized spacial score (nSPS) is 12.6. The molecule has 0 bridgehead atoms. The topological polar surface area (TPSA) is 66.8 Å². The molecule has 0 aliphatic rings. The third-order valence-electron chi connectivity index (χ3n) is 2.67. The number of halogens is 1. The largest absolute Gasteiger partial charge is 0.524 e. The first kappa shape index (κ1) is 16.0. The highest BCUT2D eigenvalue weighted by atomic mass is 127. The Morgan fingerprint density at radius 2 is 1.89 bits per heavy atom. The maximum absolute atomic E-state index is 11.1. The Morgan fingerprint density at radius 1 is 1.33 bits per heavy atom. The van der Waals surface area contributed by atoms with Gasteiger partial charge in [-0.1, -0.05) is 42.5 Å². The molecule has 6 heteroatoms. The average Bonchev–Trinajstić information content (AvgIpc) is 2.12. The van der Waals surface area contributed by atoms with Crippen molar-refractivity contribution < 1.29 is 18.9 Å². The fourth-order valence-electron chi connectivity index (χ4n) is 2.06. The van der Waals surface area contributed by atoms with Crippen LogP contribution in [-0.4, -0.2) is 14.2 Å². The van der Waals surface area contributed by atoms with Crippen LogP contribution < -0.4 is 4.52 Å². The van der Waals surface area contributed by atoms with Crippen LogP contribution in [0.2, 0.25) is 0 Å². The Kier molecular flexibility index (Phi) is 4.87. The number of benzene rings is 1. The lowest BCUT2D eigenvalue weighted by atomic mass is 9.83. The smallest absolute Gasteiger partial charge is 0.404 e. The highest BCUT2D eigenvalue weighted by molar-refractivity contribution is 14.1. The predicted octanol–water partition coefficient (Wildman–Crippen LogP) is 3.49. The van der Waals surface area contributed by atoms with E-state index >= 15 is 0 Å². The third-order valence-corrected chi connectivity index (χ3v) is 5.01. The lowest BCUT2D eigenvalue weighted by Gasteiger charge is -2.27. The summed E-state index contributed by atoms with van der Waals surface area (Å²) in [7, 11) is -4.54. The number of hydrogen-bond acceptors (Lipinski definition) is 2. The van der Waals surface area contributed by atoms with Crippen molar-refractivity contribution in [3.05, 3.63) is 28.8 Å². The Hall–Kier alpha value is -0.100. The van der Waals surface area contributed by atoms with E-state index in [2.05, 4.69) is 22.6 Å². The molecule has 4 nitrogen and oxygen atoms in total. The number of phosphoric acid groups is 1. The number of phosphoric ester groups is 1. The molecule has 0 amide bonds. The number of aryl methyl sites for hydroxylation is 2. The molecule has 1 rings (SSSR count).